The third-order valence-electron chi connectivity index (χ3n) is 2.10. The van der Waals surface area contributed by atoms with Crippen molar-refractivity contribution in [2.45, 2.75) is 49.4 Å². The van der Waals surface area contributed by atoms with Gasteiger partial charge in [0.15, 0.2) is 0 Å². The van der Waals surface area contributed by atoms with Crippen LogP contribution in [-0.2, 0) is 0 Å². The van der Waals surface area contributed by atoms with Crippen LogP contribution >= 0.6 is 0 Å². The second kappa shape index (κ2) is 6.27. The quantitative estimate of drug-likeness (QED) is 0.568. The molecule has 0 aromatic carbocycles. The van der Waals surface area contributed by atoms with Crippen molar-refractivity contribution in [2.24, 2.45) is 0 Å². The lowest BCUT2D eigenvalue weighted by Crippen LogP contribution is -2.37. The van der Waals surface area contributed by atoms with Gasteiger partial charge >= 0.3 is 20.4 Å². The minimum atomic E-state index is 0.266. The molecule has 0 aromatic rings. The molecule has 1 nitrogen and oxygen atoms in total. The molecule has 0 heterocycles. The zero-order valence-electron chi connectivity index (χ0n) is 8.72. The molecule has 0 radical (unpaired) electrons. The Balaban J connectivity index is 3.70. The highest BCUT2D eigenvalue weighted by Crippen LogP contribution is 2.05. The summed E-state index contributed by atoms with van der Waals surface area (Å²) in [5.41, 5.74) is 0. The van der Waals surface area contributed by atoms with Crippen LogP contribution in [0.3, 0.4) is 0 Å². The first-order valence-electron chi connectivity index (χ1n) is 4.85. The molecule has 0 saturated heterocycles. The van der Waals surface area contributed by atoms with Crippen LogP contribution in [0.15, 0.2) is 0 Å². The average Bonchev–Trinajstić information content (AvgIpc) is 1.87. The van der Waals surface area contributed by atoms with Crippen LogP contribution in [0, 0.1) is 0 Å². The van der Waals surface area contributed by atoms with E-state index in [1.807, 2.05) is 0 Å². The van der Waals surface area contributed by atoms with Crippen molar-refractivity contribution in [3.05, 3.63) is 0 Å². The first-order valence-corrected chi connectivity index (χ1v) is 7.26. The van der Waals surface area contributed by atoms with E-state index in [9.17, 15) is 0 Å². The average molecular weight is 168 g/mol. The molecule has 11 heavy (non-hydrogen) atoms. The lowest BCUT2D eigenvalue weighted by atomic mass is 10.2. The van der Waals surface area contributed by atoms with E-state index in [0.717, 1.165) is 12.1 Å². The molecule has 0 fully saturated rings. The van der Waals surface area contributed by atoms with E-state index < -0.39 is 0 Å². The molecular formula is C9H21MgN. The zero-order chi connectivity index (χ0) is 8.85. The maximum Gasteiger partial charge on any atom is 0.362 e. The minimum absolute atomic E-state index is 0.266. The van der Waals surface area contributed by atoms with E-state index in [2.05, 4.69) is 37.6 Å². The van der Waals surface area contributed by atoms with E-state index in [4.69, 9.17) is 0 Å². The van der Waals surface area contributed by atoms with Crippen molar-refractivity contribution < 1.29 is 0 Å². The Morgan fingerprint density at radius 2 is 1.55 bits per heavy atom. The molecule has 2 heteroatoms. The first kappa shape index (κ1) is 11.7. The standard InChI is InChI=1S/C8H18N.CH3.Mg/c1-6-9(7(2)3)8(4)5;;/h7-8H,1,6H2,2-5H3;1H3;. The summed E-state index contributed by atoms with van der Waals surface area (Å²) >= 11 is 0.266. The lowest BCUT2D eigenvalue weighted by molar-refractivity contribution is 0.185. The molecule has 0 aliphatic carbocycles. The van der Waals surface area contributed by atoms with Gasteiger partial charge in [0.2, 0.25) is 0 Å². The topological polar surface area (TPSA) is 3.24 Å². The second-order valence-electron chi connectivity index (χ2n) is 3.78. The fourth-order valence-electron chi connectivity index (χ4n) is 1.45. The Labute approximate surface area is 81.3 Å². The summed E-state index contributed by atoms with van der Waals surface area (Å²) in [6.45, 7) is 10.5. The van der Waals surface area contributed by atoms with Crippen LogP contribution in [0.1, 0.15) is 27.7 Å². The van der Waals surface area contributed by atoms with Gasteiger partial charge in [0.1, 0.15) is 0 Å². The van der Waals surface area contributed by atoms with Crippen molar-refractivity contribution in [1.29, 1.82) is 0 Å². The van der Waals surface area contributed by atoms with Crippen molar-refractivity contribution in [3.8, 4) is 0 Å². The minimum Gasteiger partial charge on any atom is -0.301 e. The van der Waals surface area contributed by atoms with Gasteiger partial charge in [0.05, 0.1) is 0 Å². The molecule has 0 amide bonds. The molecule has 0 saturated carbocycles. The predicted octanol–water partition coefficient (Wildman–Crippen LogP) is 2.28. The lowest BCUT2D eigenvalue weighted by Gasteiger charge is -2.30. The van der Waals surface area contributed by atoms with E-state index in [-0.39, 0.29) is 20.4 Å². The van der Waals surface area contributed by atoms with Crippen LogP contribution in [0.4, 0.5) is 0 Å². The summed E-state index contributed by atoms with van der Waals surface area (Å²) in [4.78, 5) is 2.58. The predicted molar refractivity (Wildman–Crippen MR) is 53.4 cm³/mol. The van der Waals surface area contributed by atoms with Gasteiger partial charge in [-0.3, -0.25) is 0 Å². The van der Waals surface area contributed by atoms with Gasteiger partial charge in [-0.2, -0.15) is 5.05 Å². The summed E-state index contributed by atoms with van der Waals surface area (Å²) in [5.74, 6) is 0. The van der Waals surface area contributed by atoms with Gasteiger partial charge in [0, 0.05) is 12.1 Å². The van der Waals surface area contributed by atoms with Gasteiger partial charge < -0.3 is 4.90 Å². The van der Waals surface area contributed by atoms with Crippen LogP contribution in [0.5, 0.6) is 0 Å². The van der Waals surface area contributed by atoms with Gasteiger partial charge in [-0.05, 0) is 34.2 Å². The van der Waals surface area contributed by atoms with Gasteiger partial charge in [-0.1, -0.05) is 0 Å². The Bertz CT molecular complexity index is 83.6. The van der Waals surface area contributed by atoms with Crippen molar-refractivity contribution in [3.63, 3.8) is 0 Å². The highest BCUT2D eigenvalue weighted by atomic mass is 24.5. The highest BCUT2D eigenvalue weighted by molar-refractivity contribution is 6.33. The molecule has 0 aromatic heterocycles. The number of nitrogens with zero attached hydrogens (tertiary/aromatic N) is 1. The van der Waals surface area contributed by atoms with Gasteiger partial charge in [0.25, 0.3) is 0 Å². The van der Waals surface area contributed by atoms with Crippen molar-refractivity contribution >= 4 is 20.4 Å². The summed E-state index contributed by atoms with van der Waals surface area (Å²) in [7, 11) is 0. The third-order valence-corrected chi connectivity index (χ3v) is 3.12. The molecule has 0 aliphatic rings. The van der Waals surface area contributed by atoms with E-state index in [1.54, 1.807) is 0 Å². The number of hydrogen-bond acceptors (Lipinski definition) is 1. The molecular weight excluding hydrogens is 146 g/mol. The van der Waals surface area contributed by atoms with Crippen molar-refractivity contribution in [2.75, 3.05) is 6.54 Å². The smallest absolute Gasteiger partial charge is 0.301 e. The Kier molecular flexibility index (Phi) is 6.68. The maximum atomic E-state index is 2.58. The number of rotatable bonds is 5. The molecule has 0 bridgehead atoms. The monoisotopic (exact) mass is 167 g/mol. The highest BCUT2D eigenvalue weighted by Gasteiger charge is 2.11. The van der Waals surface area contributed by atoms with Gasteiger partial charge in [-0.15, -0.1) is 4.55 Å². The summed E-state index contributed by atoms with van der Waals surface area (Å²) < 4.78 is 1.47. The molecule has 0 rings (SSSR count). The Morgan fingerprint density at radius 1 is 1.09 bits per heavy atom. The fraction of sp³-hybridized carbons (Fsp3) is 1.00. The molecule has 0 N–H and O–H groups in total. The Hall–Kier alpha value is 0.726. The maximum absolute atomic E-state index is 2.58. The summed E-state index contributed by atoms with van der Waals surface area (Å²) in [5, 5.41) is 2.39. The van der Waals surface area contributed by atoms with Crippen LogP contribution in [-0.4, -0.2) is 43.9 Å². The second-order valence-corrected chi connectivity index (χ2v) is 5.49. The molecule has 0 spiro atoms. The fourth-order valence-corrected chi connectivity index (χ4v) is 2.13. The van der Waals surface area contributed by atoms with E-state index >= 15 is 0 Å². The normalized spacial score (nSPS) is 11.3. The number of hydrogen-bond donors (Lipinski definition) is 0. The molecule has 64 valence electrons. The summed E-state index contributed by atoms with van der Waals surface area (Å²) in [6, 6.07) is 1.44. The Morgan fingerprint density at radius 3 is 1.82 bits per heavy atom. The largest absolute Gasteiger partial charge is 0.362 e. The van der Waals surface area contributed by atoms with Gasteiger partial charge in [-0.25, -0.2) is 0 Å². The van der Waals surface area contributed by atoms with Crippen molar-refractivity contribution in [1.82, 2.24) is 4.90 Å². The summed E-state index contributed by atoms with van der Waals surface area (Å²) in [6.07, 6.45) is 0. The van der Waals surface area contributed by atoms with E-state index in [1.165, 1.54) is 11.1 Å². The van der Waals surface area contributed by atoms with Crippen LogP contribution < -0.4 is 0 Å². The van der Waals surface area contributed by atoms with Crippen LogP contribution in [0.2, 0.25) is 9.60 Å². The van der Waals surface area contributed by atoms with Crippen LogP contribution in [0.25, 0.3) is 0 Å². The van der Waals surface area contributed by atoms with E-state index in [0.29, 0.717) is 0 Å². The third kappa shape index (κ3) is 5.04. The molecule has 0 unspecified atom stereocenters. The molecule has 0 atom stereocenters. The molecule has 0 aliphatic heterocycles. The zero-order valence-corrected chi connectivity index (χ0v) is 10.1. The first-order chi connectivity index (χ1) is 5.09. The SMILES string of the molecule is [CH3][Mg][CH2]CN(C(C)C)C(C)C.